The van der Waals surface area contributed by atoms with E-state index in [1.165, 1.54) is 104 Å². The van der Waals surface area contributed by atoms with Gasteiger partial charge in [-0.2, -0.15) is 5.10 Å². The van der Waals surface area contributed by atoms with Gasteiger partial charge in [-0.1, -0.05) is 82.1 Å². The number of hydrogen-bond acceptors (Lipinski definition) is 17. The average molecular weight is 1400 g/mol. The molecule has 0 spiro atoms. The van der Waals surface area contributed by atoms with Crippen molar-refractivity contribution < 1.29 is 67.1 Å². The average Bonchev–Trinajstić information content (AvgIpc) is 0.776. The molecule has 99 heavy (non-hydrogen) atoms. The molecule has 29 nitrogen and oxygen atoms in total. The number of hydrogen-bond donors (Lipinski definition) is 3. The highest BCUT2D eigenvalue weighted by Gasteiger charge is 2.55. The van der Waals surface area contributed by atoms with Crippen LogP contribution in [0.4, 0.5) is 0 Å². The topological polar surface area (TPSA) is 311 Å². The third-order valence-corrected chi connectivity index (χ3v) is 20.4. The monoisotopic (exact) mass is 1400 g/mol. The van der Waals surface area contributed by atoms with Gasteiger partial charge in [0.05, 0.1) is 19.3 Å². The Labute approximate surface area is 588 Å². The van der Waals surface area contributed by atoms with Gasteiger partial charge in [-0.05, 0) is 122 Å². The molecule has 1 aromatic heterocycles. The number of ether oxygens (including phenoxy) is 2. The van der Waals surface area contributed by atoms with Crippen LogP contribution in [-0.4, -0.2) is 290 Å². The predicted molar refractivity (Wildman–Crippen MR) is 371 cm³/mol. The van der Waals surface area contributed by atoms with Crippen molar-refractivity contribution in [2.24, 2.45) is 29.6 Å². The van der Waals surface area contributed by atoms with Gasteiger partial charge in [-0.15, -0.1) is 0 Å². The van der Waals surface area contributed by atoms with Crippen molar-refractivity contribution in [1.82, 2.24) is 75.0 Å². The molecular formula is C70H121N15O14. The van der Waals surface area contributed by atoms with Crippen molar-refractivity contribution >= 4 is 65.0 Å². The van der Waals surface area contributed by atoms with Crippen molar-refractivity contribution in [1.29, 1.82) is 0 Å². The van der Waals surface area contributed by atoms with E-state index in [1.54, 1.807) is 59.5 Å². The van der Waals surface area contributed by atoms with E-state index in [2.05, 4.69) is 30.9 Å². The van der Waals surface area contributed by atoms with E-state index < -0.39 is 162 Å². The van der Waals surface area contributed by atoms with E-state index >= 15 is 38.4 Å². The number of nitrogens with zero attached hydrogens (tertiary/aromatic N) is 12. The van der Waals surface area contributed by atoms with Crippen molar-refractivity contribution in [3.63, 3.8) is 0 Å². The van der Waals surface area contributed by atoms with Gasteiger partial charge in [-0.25, -0.2) is 10.0 Å². The lowest BCUT2D eigenvalue weighted by atomic mass is 9.88. The van der Waals surface area contributed by atoms with Crippen LogP contribution in [-0.2, 0) is 73.6 Å². The van der Waals surface area contributed by atoms with Crippen LogP contribution in [0.15, 0.2) is 12.7 Å². The minimum Gasteiger partial charge on any atom is -0.379 e. The molecule has 2 bridgehead atoms. The van der Waals surface area contributed by atoms with Gasteiger partial charge >= 0.3 is 0 Å². The van der Waals surface area contributed by atoms with Gasteiger partial charge in [0.25, 0.3) is 5.91 Å². The number of nitrogens with one attached hydrogen (secondary N) is 3. The van der Waals surface area contributed by atoms with Gasteiger partial charge in [-0.3, -0.25) is 67.2 Å². The number of fused-ring (bicyclic) bond motifs is 4. The summed E-state index contributed by atoms with van der Waals surface area (Å²) in [6.45, 7) is 30.4. The first-order valence-electron chi connectivity index (χ1n) is 36.1. The first kappa shape index (κ1) is 82.8. The zero-order chi connectivity index (χ0) is 74.2. The summed E-state index contributed by atoms with van der Waals surface area (Å²) in [5, 5.41) is 13.8. The van der Waals surface area contributed by atoms with Crippen LogP contribution in [0.5, 0.6) is 0 Å². The summed E-state index contributed by atoms with van der Waals surface area (Å²) >= 11 is 0. The van der Waals surface area contributed by atoms with E-state index in [0.29, 0.717) is 32.6 Å². The van der Waals surface area contributed by atoms with Gasteiger partial charge in [0.2, 0.25) is 59.1 Å². The molecule has 1 aromatic rings. The minimum atomic E-state index is -1.38. The number of amides is 11. The van der Waals surface area contributed by atoms with E-state index in [4.69, 9.17) is 14.3 Å². The summed E-state index contributed by atoms with van der Waals surface area (Å²) < 4.78 is 13.7. The summed E-state index contributed by atoms with van der Waals surface area (Å²) in [6, 6.07) is -15.1. The van der Waals surface area contributed by atoms with E-state index in [0.717, 1.165) is 50.4 Å². The van der Waals surface area contributed by atoms with Gasteiger partial charge in [0.1, 0.15) is 79.2 Å². The number of hydroxylamine groups is 2. The number of rotatable bonds is 21. The fourth-order valence-electron chi connectivity index (χ4n) is 14.1. The summed E-state index contributed by atoms with van der Waals surface area (Å²) in [5.74, 6) is -9.29. The molecule has 4 fully saturated rings. The fraction of sp³-hybridized carbons (Fsp3) is 0.814. The molecule has 11 amide bonds. The zero-order valence-corrected chi connectivity index (χ0v) is 63.2. The Hall–Kier alpha value is -6.85. The molecule has 4 aliphatic heterocycles. The molecule has 4 saturated heterocycles. The minimum absolute atomic E-state index is 0.0416. The highest BCUT2D eigenvalue weighted by atomic mass is 16.7. The maximum Gasteiger partial charge on any atom is 0.270 e. The molecule has 3 N–H and O–H groups in total. The zero-order valence-electron chi connectivity index (χ0n) is 63.2. The molecule has 15 atom stereocenters. The Morgan fingerprint density at radius 1 is 0.566 bits per heavy atom. The third kappa shape index (κ3) is 20.9. The first-order chi connectivity index (χ1) is 46.5. The SMILES string of the molecule is CC[C@@H]1NC(=O)[C@@H]2[C@@H]([C@H](C)CCCCCn3cncn3)ON2C(=O)[C@H](C(C)C)N(C)C(=O)[C@@H]2CC(C)N(C(=O)[C@H](C)NC(=O)[C@H](CC(C)C)N(C)C(=O)[C@H](C(C)C)NC(=O)[C@H]([C@@H](C)OCCCCN3CCOCC3)N(C)C(=O)[C@@H](C)N(C)C1=O)[C@H](C)C(=O)N(C)[C@@H](CC(C)C)C(=O)N2C. The quantitative estimate of drug-likeness (QED) is 0.149. The molecule has 0 aliphatic carbocycles. The van der Waals surface area contributed by atoms with Crippen molar-refractivity contribution in [2.75, 3.05) is 81.7 Å². The van der Waals surface area contributed by atoms with Crippen LogP contribution in [0.3, 0.4) is 0 Å². The van der Waals surface area contributed by atoms with Crippen LogP contribution >= 0.6 is 0 Å². The number of morpholine rings is 1. The maximum atomic E-state index is 15.7. The van der Waals surface area contributed by atoms with E-state index in [1.807, 2.05) is 34.6 Å². The number of carbonyl (C=O) groups is 11. The maximum absolute atomic E-state index is 15.7. The molecule has 560 valence electrons. The lowest BCUT2D eigenvalue weighted by molar-refractivity contribution is -0.322. The highest BCUT2D eigenvalue weighted by Crippen LogP contribution is 2.35. The summed E-state index contributed by atoms with van der Waals surface area (Å²) in [7, 11) is 8.65. The molecule has 5 heterocycles. The lowest BCUT2D eigenvalue weighted by Gasteiger charge is -2.50. The number of unbranched alkanes of at least 4 members (excludes halogenated alkanes) is 3. The van der Waals surface area contributed by atoms with Crippen LogP contribution in [0, 0.1) is 29.6 Å². The molecule has 0 aromatic carbocycles. The van der Waals surface area contributed by atoms with Crippen LogP contribution in [0.25, 0.3) is 0 Å². The molecule has 5 rings (SSSR count). The normalized spacial score (nSPS) is 28.9. The molecule has 4 aliphatic rings. The van der Waals surface area contributed by atoms with Crippen molar-refractivity contribution in [3.05, 3.63) is 12.7 Å². The van der Waals surface area contributed by atoms with Crippen LogP contribution in [0.1, 0.15) is 168 Å². The Morgan fingerprint density at radius 3 is 1.75 bits per heavy atom. The predicted octanol–water partition coefficient (Wildman–Crippen LogP) is 2.80. The van der Waals surface area contributed by atoms with Gasteiger partial charge in [0.15, 0.2) is 6.04 Å². The first-order valence-corrected chi connectivity index (χ1v) is 36.1. The molecule has 1 unspecified atom stereocenters. The Balaban J connectivity index is 1.66. The standard InChI is InChI=1S/C70H121N15O14/c1-22-51-66(92)76(16)48(13)64(90)81(21)57(50(15)98-33-27-26-29-82-31-34-97-35-32-82)61(87)75-55(43(6)7)69(95)77(17)52(36-41(2)3)60(86)73-47(12)63(89)84-46(11)38-54(79(19)67(93)53(37-42(4)5)78(18)65(91)49(84)14)68(94)80(20)56(44(8)9)70(96)85-58(62(88)74-51)59(99-85)45(10)28-24-23-25-30-83-40-71-39-72-83/h39-59H,22-38H2,1-21H3,(H,73,86)(H,74,88)(H,75,87)/t45-,46?,47+,48-,49-,50-,51+,52+,53+,54+,55+,56+,57+,58+,59-/m1/s1. The number of aryl methyl sites for hydroxylation is 1. The Bertz CT molecular complexity index is 2890. The smallest absolute Gasteiger partial charge is 0.270 e. The molecule has 0 radical (unpaired) electrons. The summed E-state index contributed by atoms with van der Waals surface area (Å²) in [4.78, 5) is 188. The molecule has 29 heteroatoms. The lowest BCUT2D eigenvalue weighted by Crippen LogP contribution is -2.72. The summed E-state index contributed by atoms with van der Waals surface area (Å²) in [5.41, 5.74) is 0. The van der Waals surface area contributed by atoms with Gasteiger partial charge < -0.3 is 59.7 Å². The van der Waals surface area contributed by atoms with Crippen LogP contribution in [0.2, 0.25) is 0 Å². The number of aromatic nitrogens is 3. The fourth-order valence-corrected chi connectivity index (χ4v) is 14.1. The van der Waals surface area contributed by atoms with E-state index in [-0.39, 0.29) is 50.0 Å². The second-order valence-corrected chi connectivity index (χ2v) is 29.6. The van der Waals surface area contributed by atoms with E-state index in [9.17, 15) is 14.4 Å². The molecular weight excluding hydrogens is 1270 g/mol. The second kappa shape index (κ2) is 37.7. The van der Waals surface area contributed by atoms with Gasteiger partial charge in [0, 0.05) is 74.6 Å². The number of likely N-dealkylation sites (N-methyl/N-ethyl adjacent to an activating group) is 6. The Kier molecular flexibility index (Phi) is 31.5. The third-order valence-electron chi connectivity index (χ3n) is 20.4. The second-order valence-electron chi connectivity index (χ2n) is 29.6. The van der Waals surface area contributed by atoms with Crippen molar-refractivity contribution in [3.8, 4) is 0 Å². The largest absolute Gasteiger partial charge is 0.379 e. The highest BCUT2D eigenvalue weighted by molar-refractivity contribution is 6.00. The number of carbonyl (C=O) groups excluding carboxylic acids is 11. The molecule has 0 saturated carbocycles. The summed E-state index contributed by atoms with van der Waals surface area (Å²) in [6.07, 6.45) is 5.65. The van der Waals surface area contributed by atoms with Crippen LogP contribution < -0.4 is 16.0 Å². The Morgan fingerprint density at radius 2 is 1.16 bits per heavy atom. The van der Waals surface area contributed by atoms with Crippen molar-refractivity contribution in [2.45, 2.75) is 259 Å².